The molecule has 9 heteroatoms. The van der Waals surface area contributed by atoms with Gasteiger partial charge in [0.1, 0.15) is 13.2 Å². The highest BCUT2D eigenvalue weighted by Crippen LogP contribution is 2.38. The summed E-state index contributed by atoms with van der Waals surface area (Å²) in [5.74, 6) is -0.216. The lowest BCUT2D eigenvalue weighted by molar-refractivity contribution is -0.870. The van der Waals surface area contributed by atoms with E-state index < -0.39 is 26.6 Å². The molecule has 0 saturated carbocycles. The van der Waals surface area contributed by atoms with Crippen LogP contribution in [0.3, 0.4) is 0 Å². The molecule has 0 aromatic carbocycles. The zero-order valence-corrected chi connectivity index (χ0v) is 39.4. The maximum Gasteiger partial charge on any atom is 0.268 e. The van der Waals surface area contributed by atoms with Crippen molar-refractivity contribution < 1.29 is 32.9 Å². The number of nitrogens with one attached hydrogen (secondary N) is 1. The van der Waals surface area contributed by atoms with Crippen molar-refractivity contribution in [3.05, 3.63) is 48.6 Å². The second kappa shape index (κ2) is 40.8. The van der Waals surface area contributed by atoms with Crippen LogP contribution in [0, 0.1) is 0 Å². The SMILES string of the molecule is CCCCCC/C=C\C/C=C\CCCCCCCCCC(=O)NC(COP(=O)([O-])OCC[N+](C)(C)C)C(O)/C=C/CC/C=C/CCCCCCCCCCCCCC. The Morgan fingerprint density at radius 1 is 0.603 bits per heavy atom. The van der Waals surface area contributed by atoms with Crippen LogP contribution in [-0.2, 0) is 18.4 Å². The number of likely N-dealkylation sites (N-methyl/N-ethyl adjacent to an activating group) is 1. The number of hydrogen-bond donors (Lipinski definition) is 2. The molecule has 3 atom stereocenters. The van der Waals surface area contributed by atoms with E-state index in [-0.39, 0.29) is 12.5 Å². The molecule has 0 fully saturated rings. The van der Waals surface area contributed by atoms with Crippen molar-refractivity contribution >= 4 is 13.7 Å². The number of phosphoric ester groups is 1. The Hall–Kier alpha value is -1.54. The number of nitrogens with zero attached hydrogens (tertiary/aromatic N) is 1. The summed E-state index contributed by atoms with van der Waals surface area (Å²) in [5, 5.41) is 13.8. The van der Waals surface area contributed by atoms with Crippen LogP contribution in [-0.4, -0.2) is 68.5 Å². The van der Waals surface area contributed by atoms with Gasteiger partial charge in [0.05, 0.1) is 39.9 Å². The van der Waals surface area contributed by atoms with Crippen molar-refractivity contribution in [3.63, 3.8) is 0 Å². The van der Waals surface area contributed by atoms with E-state index in [9.17, 15) is 19.4 Å². The Bertz CT molecular complexity index is 1090. The number of rotatable bonds is 43. The van der Waals surface area contributed by atoms with Crippen LogP contribution in [0.4, 0.5) is 0 Å². The van der Waals surface area contributed by atoms with E-state index in [1.807, 2.05) is 27.2 Å². The minimum Gasteiger partial charge on any atom is -0.756 e. The Balaban J connectivity index is 4.44. The van der Waals surface area contributed by atoms with E-state index in [2.05, 4.69) is 55.6 Å². The topological polar surface area (TPSA) is 108 Å². The molecule has 1 amide bonds. The molecule has 0 saturated heterocycles. The molecular weight excluding hydrogens is 744 g/mol. The summed E-state index contributed by atoms with van der Waals surface area (Å²) < 4.78 is 23.2. The molecule has 0 aromatic rings. The maximum absolute atomic E-state index is 12.9. The Morgan fingerprint density at radius 2 is 1.02 bits per heavy atom. The molecule has 0 radical (unpaired) electrons. The zero-order chi connectivity index (χ0) is 42.8. The first kappa shape index (κ1) is 56.5. The smallest absolute Gasteiger partial charge is 0.268 e. The number of allylic oxidation sites excluding steroid dienone is 7. The predicted octanol–water partition coefficient (Wildman–Crippen LogP) is 13.0. The van der Waals surface area contributed by atoms with Crippen LogP contribution in [0.1, 0.15) is 206 Å². The lowest BCUT2D eigenvalue weighted by atomic mass is 10.0. The minimum absolute atomic E-state index is 0.00912. The highest BCUT2D eigenvalue weighted by atomic mass is 31.2. The first-order chi connectivity index (χ1) is 28.0. The van der Waals surface area contributed by atoms with E-state index >= 15 is 0 Å². The van der Waals surface area contributed by atoms with Crippen molar-refractivity contribution in [1.29, 1.82) is 0 Å². The fraction of sp³-hybridized carbons (Fsp3) is 0.816. The van der Waals surface area contributed by atoms with Gasteiger partial charge in [0.2, 0.25) is 5.91 Å². The lowest BCUT2D eigenvalue weighted by Gasteiger charge is -2.29. The van der Waals surface area contributed by atoms with Gasteiger partial charge >= 0.3 is 0 Å². The Kier molecular flexibility index (Phi) is 39.8. The summed E-state index contributed by atoms with van der Waals surface area (Å²) in [6, 6.07) is -0.907. The van der Waals surface area contributed by atoms with Gasteiger partial charge in [-0.05, 0) is 64.2 Å². The Morgan fingerprint density at radius 3 is 1.52 bits per heavy atom. The third-order valence-electron chi connectivity index (χ3n) is 10.5. The molecule has 0 aliphatic heterocycles. The van der Waals surface area contributed by atoms with Crippen LogP contribution in [0.5, 0.6) is 0 Å². The molecular formula is C49H93N2O6P. The fourth-order valence-electron chi connectivity index (χ4n) is 6.67. The van der Waals surface area contributed by atoms with Gasteiger partial charge in [-0.2, -0.15) is 0 Å². The Labute approximate surface area is 359 Å². The lowest BCUT2D eigenvalue weighted by Crippen LogP contribution is -2.45. The number of aliphatic hydroxyl groups excluding tert-OH is 1. The largest absolute Gasteiger partial charge is 0.756 e. The summed E-state index contributed by atoms with van der Waals surface area (Å²) >= 11 is 0. The number of phosphoric acid groups is 1. The molecule has 0 rings (SSSR count). The molecule has 0 aliphatic rings. The molecule has 0 heterocycles. The molecule has 8 nitrogen and oxygen atoms in total. The molecule has 0 bridgehead atoms. The summed E-state index contributed by atoms with van der Waals surface area (Å²) in [5.41, 5.74) is 0. The van der Waals surface area contributed by atoms with E-state index in [0.717, 1.165) is 57.8 Å². The number of unbranched alkanes of at least 4 members (excludes halogenated alkanes) is 24. The highest BCUT2D eigenvalue weighted by Gasteiger charge is 2.23. The van der Waals surface area contributed by atoms with Crippen LogP contribution in [0.2, 0.25) is 0 Å². The van der Waals surface area contributed by atoms with Crippen molar-refractivity contribution in [1.82, 2.24) is 5.32 Å². The van der Waals surface area contributed by atoms with Crippen molar-refractivity contribution in [2.45, 2.75) is 219 Å². The molecule has 340 valence electrons. The van der Waals surface area contributed by atoms with Crippen LogP contribution < -0.4 is 10.2 Å². The van der Waals surface area contributed by atoms with E-state index in [4.69, 9.17) is 9.05 Å². The van der Waals surface area contributed by atoms with E-state index in [0.29, 0.717) is 17.4 Å². The number of aliphatic hydroxyl groups is 1. The van der Waals surface area contributed by atoms with Gasteiger partial charge in [0.25, 0.3) is 7.82 Å². The average molecular weight is 837 g/mol. The summed E-state index contributed by atoms with van der Waals surface area (Å²) in [4.78, 5) is 25.3. The molecule has 0 aliphatic carbocycles. The number of hydrogen-bond acceptors (Lipinski definition) is 6. The summed E-state index contributed by atoms with van der Waals surface area (Å²) in [6.07, 6.45) is 51.6. The molecule has 0 aromatic heterocycles. The first-order valence-corrected chi connectivity index (χ1v) is 25.5. The van der Waals surface area contributed by atoms with Gasteiger partial charge in [-0.15, -0.1) is 0 Å². The number of carbonyl (C=O) groups is 1. The first-order valence-electron chi connectivity index (χ1n) is 24.0. The number of carbonyl (C=O) groups excluding carboxylic acids is 1. The van der Waals surface area contributed by atoms with E-state index in [1.54, 1.807) is 6.08 Å². The summed E-state index contributed by atoms with van der Waals surface area (Å²) in [6.45, 7) is 4.60. The standard InChI is InChI=1S/C49H93N2O6P/c1-6-8-10-12-14-16-18-20-22-24-26-28-30-32-34-36-38-40-42-48(52)47(46-57-58(54,55)56-45-44-51(3,4)5)50-49(53)43-41-39-37-35-33-31-29-27-25-23-21-19-17-15-13-11-9-7-2/h17,19,23,25,32,34,40,42,47-48,52H,6-16,18,20-22,24,26-31,33,35-39,41,43-46H2,1-5H3,(H-,50,53,54,55)/b19-17-,25-23-,34-32+,42-40+. The maximum atomic E-state index is 12.9. The second-order valence-corrected chi connectivity index (χ2v) is 18.9. The summed E-state index contributed by atoms with van der Waals surface area (Å²) in [7, 11) is 1.23. The molecule has 58 heavy (non-hydrogen) atoms. The third kappa shape index (κ3) is 42.6. The van der Waals surface area contributed by atoms with Gasteiger partial charge in [-0.1, -0.05) is 184 Å². The zero-order valence-electron chi connectivity index (χ0n) is 38.5. The van der Waals surface area contributed by atoms with Crippen LogP contribution >= 0.6 is 7.82 Å². The molecule has 0 spiro atoms. The monoisotopic (exact) mass is 837 g/mol. The minimum atomic E-state index is -4.60. The highest BCUT2D eigenvalue weighted by molar-refractivity contribution is 7.45. The second-order valence-electron chi connectivity index (χ2n) is 17.5. The predicted molar refractivity (Wildman–Crippen MR) is 247 cm³/mol. The van der Waals surface area contributed by atoms with Gasteiger partial charge in [0, 0.05) is 6.42 Å². The van der Waals surface area contributed by atoms with Gasteiger partial charge in [-0.25, -0.2) is 0 Å². The molecule has 3 unspecified atom stereocenters. The van der Waals surface area contributed by atoms with Gasteiger partial charge in [-0.3, -0.25) is 9.36 Å². The van der Waals surface area contributed by atoms with E-state index in [1.165, 1.54) is 128 Å². The van der Waals surface area contributed by atoms with Crippen molar-refractivity contribution in [2.75, 3.05) is 40.9 Å². The van der Waals surface area contributed by atoms with Gasteiger partial charge in [0.15, 0.2) is 0 Å². The van der Waals surface area contributed by atoms with Crippen LogP contribution in [0.25, 0.3) is 0 Å². The van der Waals surface area contributed by atoms with Gasteiger partial charge < -0.3 is 28.8 Å². The van der Waals surface area contributed by atoms with Crippen LogP contribution in [0.15, 0.2) is 48.6 Å². The number of amides is 1. The van der Waals surface area contributed by atoms with Crippen molar-refractivity contribution in [3.8, 4) is 0 Å². The third-order valence-corrected chi connectivity index (χ3v) is 11.5. The average Bonchev–Trinajstić information content (AvgIpc) is 3.17. The fourth-order valence-corrected chi connectivity index (χ4v) is 7.39. The van der Waals surface area contributed by atoms with Crippen molar-refractivity contribution in [2.24, 2.45) is 0 Å². The quantitative estimate of drug-likeness (QED) is 0.0274. The molecule has 2 N–H and O–H groups in total. The normalized spacial score (nSPS) is 14.7. The number of quaternary nitrogens is 1.